The molecule has 9 aliphatic rings. The predicted octanol–water partition coefficient (Wildman–Crippen LogP) is 10.7. The number of alkyl halides is 12. The highest BCUT2D eigenvalue weighted by Gasteiger charge is 2.47. The zero-order valence-electron chi connectivity index (χ0n) is 60.3. The molecule has 24 nitrogen and oxygen atoms in total. The van der Waals surface area contributed by atoms with E-state index in [4.69, 9.17) is 27.9 Å². The number of benzene rings is 1. The summed E-state index contributed by atoms with van der Waals surface area (Å²) in [4.78, 5) is 68.8. The lowest BCUT2D eigenvalue weighted by Gasteiger charge is -2.42. The molecule has 4 fully saturated rings. The van der Waals surface area contributed by atoms with Crippen molar-refractivity contribution in [1.82, 2.24) is 83.7 Å². The number of ether oxygens (including phenoxy) is 1. The Hall–Kier alpha value is -8.38. The number of aromatic nitrogens is 12. The van der Waals surface area contributed by atoms with Gasteiger partial charge in [0.2, 0.25) is 35.2 Å². The molecule has 3 amide bonds. The smallest absolute Gasteiger partial charge is 0.451 e. The molecule has 6 aromatic heterocycles. The average molecular weight is 1580 g/mol. The molecule has 109 heavy (non-hydrogen) atoms. The van der Waals surface area contributed by atoms with E-state index in [-0.39, 0.29) is 143 Å². The fraction of sp³-hybridized carbons (Fsp3) is 0.606. The van der Waals surface area contributed by atoms with Gasteiger partial charge < -0.3 is 47.8 Å². The number of methoxy groups -OCH3 is 1. The fourth-order valence-corrected chi connectivity index (χ4v) is 17.5. The topological polar surface area (TPSA) is 217 Å². The predicted molar refractivity (Wildman–Crippen MR) is 373 cm³/mol. The first kappa shape index (κ1) is 77.4. The zero-order chi connectivity index (χ0) is 77.3. The first-order valence-electron chi connectivity index (χ1n) is 36.6. The first-order valence-corrected chi connectivity index (χ1v) is 37.4. The van der Waals surface area contributed by atoms with E-state index in [9.17, 15) is 67.1 Å². The minimum Gasteiger partial charge on any atom is -0.497 e. The summed E-state index contributed by atoms with van der Waals surface area (Å²) in [5.41, 5.74) is 7.47. The Kier molecular flexibility index (Phi) is 21.8. The summed E-state index contributed by atoms with van der Waals surface area (Å²) in [5.74, 6) is -1.84. The van der Waals surface area contributed by atoms with Crippen LogP contribution in [0.4, 0.5) is 69.7 Å². The molecule has 1 aliphatic carbocycles. The van der Waals surface area contributed by atoms with Gasteiger partial charge in [0, 0.05) is 176 Å². The molecule has 0 spiro atoms. The second-order valence-corrected chi connectivity index (χ2v) is 30.8. The Morgan fingerprint density at radius 3 is 1.30 bits per heavy atom. The lowest BCUT2D eigenvalue weighted by atomic mass is 9.85. The van der Waals surface area contributed by atoms with Gasteiger partial charge in [-0.2, -0.15) is 52.7 Å². The Bertz CT molecular complexity index is 4530. The number of fused-ring (bicyclic) bond motifs is 6. The van der Waals surface area contributed by atoms with Crippen LogP contribution in [0, 0.1) is 41.4 Å². The number of halogens is 14. The first-order chi connectivity index (χ1) is 51.8. The third-order valence-electron chi connectivity index (χ3n) is 22.6. The Labute approximate surface area is 629 Å². The number of pyridine rings is 3. The van der Waals surface area contributed by atoms with Crippen molar-refractivity contribution in [3.63, 3.8) is 0 Å². The van der Waals surface area contributed by atoms with Crippen LogP contribution in [-0.4, -0.2) is 200 Å². The maximum atomic E-state index is 13.4. The van der Waals surface area contributed by atoms with Gasteiger partial charge >= 0.3 is 24.7 Å². The molecule has 14 heterocycles. The summed E-state index contributed by atoms with van der Waals surface area (Å²) in [6.07, 6.45) is -7.20. The molecule has 8 aliphatic heterocycles. The van der Waals surface area contributed by atoms with Gasteiger partial charge in [-0.25, -0.2) is 0 Å². The van der Waals surface area contributed by atoms with E-state index in [1.807, 2.05) is 31.2 Å². The Morgan fingerprint density at radius 1 is 0.486 bits per heavy atom. The molecule has 588 valence electrons. The largest absolute Gasteiger partial charge is 0.497 e. The highest BCUT2D eigenvalue weighted by atomic mass is 35.5. The summed E-state index contributed by atoms with van der Waals surface area (Å²) in [6.45, 7) is 12.9. The van der Waals surface area contributed by atoms with Crippen LogP contribution in [-0.2, 0) is 98.1 Å². The monoisotopic (exact) mass is 1580 g/mol. The molecule has 1 aromatic carbocycles. The van der Waals surface area contributed by atoms with Gasteiger partial charge in [-0.15, -0.1) is 30.6 Å². The fourth-order valence-electron chi connectivity index (χ4n) is 17.0. The van der Waals surface area contributed by atoms with Crippen LogP contribution in [0.5, 0.6) is 5.75 Å². The van der Waals surface area contributed by atoms with E-state index in [0.29, 0.717) is 80.7 Å². The lowest BCUT2D eigenvalue weighted by Crippen LogP contribution is -2.49. The highest BCUT2D eigenvalue weighted by Crippen LogP contribution is 2.44. The minimum absolute atomic E-state index is 0.0199. The third kappa shape index (κ3) is 16.5. The van der Waals surface area contributed by atoms with Crippen LogP contribution in [0.1, 0.15) is 110 Å². The number of nitrogens with zero attached hydrogens (tertiary/aromatic N) is 20. The van der Waals surface area contributed by atoms with Crippen molar-refractivity contribution >= 4 is 68.9 Å². The second-order valence-electron chi connectivity index (χ2n) is 30.0. The van der Waals surface area contributed by atoms with Crippen molar-refractivity contribution in [2.75, 3.05) is 107 Å². The van der Waals surface area contributed by atoms with Crippen molar-refractivity contribution in [2.24, 2.45) is 41.4 Å². The van der Waals surface area contributed by atoms with Gasteiger partial charge in [-0.05, 0) is 86.8 Å². The number of hydrogen-bond donors (Lipinski definition) is 0. The number of amides is 3. The van der Waals surface area contributed by atoms with E-state index >= 15 is 0 Å². The maximum Gasteiger partial charge on any atom is 0.451 e. The summed E-state index contributed by atoms with van der Waals surface area (Å²) in [7, 11) is 1.62. The molecular weight excluding hydrogens is 1500 g/mol. The molecule has 3 saturated heterocycles. The van der Waals surface area contributed by atoms with Crippen molar-refractivity contribution in [2.45, 2.75) is 143 Å². The van der Waals surface area contributed by atoms with Gasteiger partial charge in [-0.1, -0.05) is 44.0 Å². The van der Waals surface area contributed by atoms with Crippen LogP contribution < -0.4 is 19.4 Å². The van der Waals surface area contributed by atoms with Crippen LogP contribution in [0.2, 0.25) is 10.0 Å². The van der Waals surface area contributed by atoms with E-state index in [0.717, 1.165) is 90.6 Å². The number of rotatable bonds is 10. The molecule has 38 heteroatoms. The Morgan fingerprint density at radius 2 is 0.899 bits per heavy atom. The van der Waals surface area contributed by atoms with Crippen LogP contribution >= 0.6 is 23.2 Å². The maximum absolute atomic E-state index is 13.4. The highest BCUT2D eigenvalue weighted by molar-refractivity contribution is 6.33. The van der Waals surface area contributed by atoms with E-state index < -0.39 is 48.7 Å². The third-order valence-corrected chi connectivity index (χ3v) is 23.2. The van der Waals surface area contributed by atoms with Crippen LogP contribution in [0.15, 0.2) is 42.9 Å². The molecule has 16 rings (SSSR count). The molecule has 0 bridgehead atoms. The second kappa shape index (κ2) is 30.7. The van der Waals surface area contributed by atoms with Gasteiger partial charge in [0.15, 0.2) is 17.5 Å². The van der Waals surface area contributed by atoms with Gasteiger partial charge in [0.05, 0.1) is 71.6 Å². The van der Waals surface area contributed by atoms with Gasteiger partial charge in [0.1, 0.15) is 5.75 Å². The molecule has 0 radical (unpaired) electrons. The van der Waals surface area contributed by atoms with E-state index in [1.54, 1.807) is 29.3 Å². The number of anilines is 3. The standard InChI is InChI=1S/C25H31ClF3N7O.C23H26ClF6N7O.C23H25F3N6O2/c1-15-11-34(22-18-4-6-33(12-16-2-3-16)13-20(18)30-10-19(22)26)7-5-17(15)23(37)35-8-9-36-21(14-35)31-32-24(36)25(27,28)29;1-13-9-35(19-15-2-4-34(12-22(25,26)27)10-17(15)31-8-16(19)24)5-3-14(13)20(38)36-6-7-37-18(11-36)32-33-21(37)23(28,29)30;1-14-12-30(19-5-7-27-18-11-15(34-2)3-4-17(18)19)8-6-16(14)21(33)31-9-10-32-20(13-31)28-29-22(32)23(24,25)26/h10,15-17H,2-9,11-14H2,1H3;8,13-14H,2-7,9-12H2,1H3;3-5,7,11,14,16H,6,8-10,12-13H2,1-2H3/t15-,17+;13-,14+;14-,16+/m111/s1. The minimum atomic E-state index is -4.61. The molecule has 7 aromatic rings. The number of carbonyl (C=O) groups is 3. The molecule has 6 atom stereocenters. The van der Waals surface area contributed by atoms with Gasteiger partial charge in [-0.3, -0.25) is 39.1 Å². The summed E-state index contributed by atoms with van der Waals surface area (Å²) in [6, 6.07) is 7.79. The van der Waals surface area contributed by atoms with Crippen LogP contribution in [0.3, 0.4) is 0 Å². The number of hydrogen-bond acceptors (Lipinski definition) is 18. The zero-order valence-corrected chi connectivity index (χ0v) is 61.8. The summed E-state index contributed by atoms with van der Waals surface area (Å²) < 4.78 is 165. The summed E-state index contributed by atoms with van der Waals surface area (Å²) in [5, 5.41) is 23.0. The van der Waals surface area contributed by atoms with E-state index in [1.165, 1.54) is 34.4 Å². The van der Waals surface area contributed by atoms with Crippen molar-refractivity contribution in [1.29, 1.82) is 0 Å². The normalized spacial score (nSPS) is 22.9. The molecule has 1 saturated carbocycles. The van der Waals surface area contributed by atoms with Crippen molar-refractivity contribution in [3.8, 4) is 5.75 Å². The van der Waals surface area contributed by atoms with Crippen molar-refractivity contribution in [3.05, 3.63) is 110 Å². The van der Waals surface area contributed by atoms with Crippen molar-refractivity contribution < 1.29 is 71.8 Å². The molecule has 0 N–H and O–H groups in total. The molecular formula is C71H82Cl2F12N20O4. The molecule has 0 unspecified atom stereocenters. The SMILES string of the molecule is COc1ccc2c(N3CC[C@H](C(=O)N4CCn5c(nnc5C(F)(F)F)C4)[C@H](C)C3)ccnc2c1.C[C@@H]1CN(c2c(Cl)cnc3c2CCN(CC(F)(F)F)C3)CC[C@@H]1C(=O)N1CCn2c(nnc2C(F)(F)F)C1.C[C@@H]1CN(c2c(Cl)cnc3c2CCN(CC2CC2)C3)CC[C@@H]1C(=O)N1CCn2c(nnc2C(F)(F)F)C1. The summed E-state index contributed by atoms with van der Waals surface area (Å²) >= 11 is 13.2. The quantitative estimate of drug-likeness (QED) is 0.116. The number of carbonyl (C=O) groups excluding carboxylic acids is 3. The lowest BCUT2D eigenvalue weighted by molar-refractivity contribution is -0.149. The number of piperidine rings is 3. The Balaban J connectivity index is 0.000000137. The van der Waals surface area contributed by atoms with Gasteiger partial charge in [0.25, 0.3) is 0 Å². The van der Waals surface area contributed by atoms with Crippen LogP contribution in [0.25, 0.3) is 10.9 Å². The average Bonchev–Trinajstić information content (AvgIpc) is 1.74. The van der Waals surface area contributed by atoms with E-state index in [2.05, 4.69) is 79.0 Å².